The van der Waals surface area contributed by atoms with E-state index in [1.54, 1.807) is 0 Å². The molecule has 0 aliphatic heterocycles. The van der Waals surface area contributed by atoms with Gasteiger partial charge in [0.1, 0.15) is 5.82 Å². The van der Waals surface area contributed by atoms with Crippen molar-refractivity contribution in [3.63, 3.8) is 0 Å². The summed E-state index contributed by atoms with van der Waals surface area (Å²) in [6, 6.07) is 1.97. The van der Waals surface area contributed by atoms with Gasteiger partial charge in [-0.1, -0.05) is 0 Å². The molecule has 1 aromatic heterocycles. The Morgan fingerprint density at radius 3 is 2.75 bits per heavy atom. The highest BCUT2D eigenvalue weighted by Crippen LogP contribution is 2.65. The third-order valence-electron chi connectivity index (χ3n) is 3.37. The lowest BCUT2D eigenvalue weighted by Gasteiger charge is -2.34. The molecule has 2 aliphatic rings. The van der Waals surface area contributed by atoms with Gasteiger partial charge in [0.15, 0.2) is 0 Å². The Bertz CT molecular complexity index is 303. The summed E-state index contributed by atoms with van der Waals surface area (Å²) in [6.07, 6.45) is 5.61. The van der Waals surface area contributed by atoms with Crippen molar-refractivity contribution in [2.75, 3.05) is 5.73 Å². The van der Waals surface area contributed by atoms with Crippen LogP contribution in [0, 0.1) is 5.41 Å². The molecular weight excluding hydrogens is 150 g/mol. The molecule has 0 saturated heterocycles. The third kappa shape index (κ3) is 0.792. The summed E-state index contributed by atoms with van der Waals surface area (Å²) < 4.78 is 0. The average molecular weight is 163 g/mol. The van der Waals surface area contributed by atoms with Crippen LogP contribution in [0.15, 0.2) is 6.07 Å². The van der Waals surface area contributed by atoms with E-state index in [0.29, 0.717) is 5.82 Å². The van der Waals surface area contributed by atoms with Gasteiger partial charge in [0.25, 0.3) is 0 Å². The topological polar surface area (TPSA) is 54.7 Å². The molecule has 0 unspecified atom stereocenters. The van der Waals surface area contributed by atoms with Crippen LogP contribution in [0.1, 0.15) is 37.3 Å². The Morgan fingerprint density at radius 2 is 2.25 bits per heavy atom. The zero-order valence-electron chi connectivity index (χ0n) is 7.01. The highest BCUT2D eigenvalue weighted by atomic mass is 15.2. The van der Waals surface area contributed by atoms with Crippen molar-refractivity contribution in [1.29, 1.82) is 0 Å². The monoisotopic (exact) mass is 163 g/mol. The molecule has 64 valence electrons. The van der Waals surface area contributed by atoms with Crippen LogP contribution in [0.4, 0.5) is 5.82 Å². The molecule has 0 amide bonds. The first-order valence-corrected chi connectivity index (χ1v) is 4.58. The molecule has 3 heteroatoms. The molecule has 3 nitrogen and oxygen atoms in total. The zero-order chi connectivity index (χ0) is 8.18. The molecular formula is C9H13N3. The van der Waals surface area contributed by atoms with Crippen LogP contribution in [0.5, 0.6) is 0 Å². The second-order valence-corrected chi connectivity index (χ2v) is 4.35. The van der Waals surface area contributed by atoms with Crippen LogP contribution < -0.4 is 5.73 Å². The number of nitrogens with zero attached hydrogens (tertiary/aromatic N) is 1. The van der Waals surface area contributed by atoms with Crippen molar-refractivity contribution in [3.8, 4) is 0 Å². The van der Waals surface area contributed by atoms with Crippen molar-refractivity contribution < 1.29 is 0 Å². The lowest BCUT2D eigenvalue weighted by molar-refractivity contribution is 0.233. The molecule has 1 aromatic rings. The fraction of sp³-hybridized carbons (Fsp3) is 0.667. The van der Waals surface area contributed by atoms with Gasteiger partial charge in [-0.2, -0.15) is 5.10 Å². The molecule has 2 saturated carbocycles. The minimum Gasteiger partial charge on any atom is -0.382 e. The molecule has 3 rings (SSSR count). The number of hydrogen-bond acceptors (Lipinski definition) is 2. The highest BCUT2D eigenvalue weighted by Gasteiger charge is 2.53. The van der Waals surface area contributed by atoms with E-state index in [-0.39, 0.29) is 0 Å². The number of aromatic amines is 1. The lowest BCUT2D eigenvalue weighted by atomic mass is 9.70. The van der Waals surface area contributed by atoms with Crippen LogP contribution in [0.25, 0.3) is 0 Å². The lowest BCUT2D eigenvalue weighted by Crippen LogP contribution is -2.23. The minimum absolute atomic E-state index is 0.627. The molecule has 0 aromatic carbocycles. The van der Waals surface area contributed by atoms with Gasteiger partial charge >= 0.3 is 0 Å². The van der Waals surface area contributed by atoms with Gasteiger partial charge in [-0.25, -0.2) is 0 Å². The van der Waals surface area contributed by atoms with Crippen molar-refractivity contribution in [3.05, 3.63) is 11.8 Å². The molecule has 1 spiro atoms. The van der Waals surface area contributed by atoms with E-state index in [1.807, 2.05) is 6.07 Å². The summed E-state index contributed by atoms with van der Waals surface area (Å²) in [6.45, 7) is 0. The van der Waals surface area contributed by atoms with Gasteiger partial charge in [-0.15, -0.1) is 0 Å². The first kappa shape index (κ1) is 6.52. The van der Waals surface area contributed by atoms with E-state index in [2.05, 4.69) is 10.2 Å². The Balaban J connectivity index is 1.75. The van der Waals surface area contributed by atoms with Gasteiger partial charge in [-0.3, -0.25) is 5.10 Å². The Morgan fingerprint density at radius 1 is 1.50 bits per heavy atom. The van der Waals surface area contributed by atoms with Crippen LogP contribution in [-0.2, 0) is 0 Å². The standard InChI is InChI=1S/C9H13N3/c10-8-3-7(11-12-8)6-4-9(5-6)1-2-9/h3,6H,1-2,4-5H2,(H3,10,11,12). The summed E-state index contributed by atoms with van der Waals surface area (Å²) in [5, 5.41) is 6.94. The fourth-order valence-electron chi connectivity index (χ4n) is 2.35. The Labute approximate surface area is 71.3 Å². The third-order valence-corrected chi connectivity index (χ3v) is 3.37. The van der Waals surface area contributed by atoms with Gasteiger partial charge in [0.05, 0.1) is 0 Å². The number of H-pyrrole nitrogens is 1. The molecule has 0 bridgehead atoms. The maximum Gasteiger partial charge on any atom is 0.145 e. The molecule has 0 radical (unpaired) electrons. The SMILES string of the molecule is Nc1cc(C2CC3(CC3)C2)[nH]n1. The van der Waals surface area contributed by atoms with Crippen LogP contribution in [0.3, 0.4) is 0 Å². The first-order valence-electron chi connectivity index (χ1n) is 4.58. The van der Waals surface area contributed by atoms with Gasteiger partial charge < -0.3 is 5.73 Å². The largest absolute Gasteiger partial charge is 0.382 e. The summed E-state index contributed by atoms with van der Waals surface area (Å²) in [7, 11) is 0. The number of aromatic nitrogens is 2. The molecule has 1 heterocycles. The second-order valence-electron chi connectivity index (χ2n) is 4.35. The number of anilines is 1. The molecule has 0 atom stereocenters. The Kier molecular flexibility index (Phi) is 1.000. The summed E-state index contributed by atoms with van der Waals surface area (Å²) >= 11 is 0. The molecule has 12 heavy (non-hydrogen) atoms. The predicted octanol–water partition coefficient (Wildman–Crippen LogP) is 1.65. The average Bonchev–Trinajstić information content (AvgIpc) is 2.67. The van der Waals surface area contributed by atoms with Crippen LogP contribution in [-0.4, -0.2) is 10.2 Å². The van der Waals surface area contributed by atoms with Gasteiger partial charge in [-0.05, 0) is 31.1 Å². The summed E-state index contributed by atoms with van der Waals surface area (Å²) in [5.41, 5.74) is 7.55. The van der Waals surface area contributed by atoms with Crippen molar-refractivity contribution >= 4 is 5.82 Å². The maximum atomic E-state index is 5.54. The van der Waals surface area contributed by atoms with Crippen molar-refractivity contribution in [2.24, 2.45) is 5.41 Å². The fourth-order valence-corrected chi connectivity index (χ4v) is 2.35. The van der Waals surface area contributed by atoms with E-state index >= 15 is 0 Å². The van der Waals surface area contributed by atoms with Crippen LogP contribution >= 0.6 is 0 Å². The number of nitrogen functional groups attached to an aromatic ring is 1. The second kappa shape index (κ2) is 1.84. The van der Waals surface area contributed by atoms with Crippen molar-refractivity contribution in [1.82, 2.24) is 10.2 Å². The van der Waals surface area contributed by atoms with Gasteiger partial charge in [0.2, 0.25) is 0 Å². The van der Waals surface area contributed by atoms with Crippen molar-refractivity contribution in [2.45, 2.75) is 31.6 Å². The van der Waals surface area contributed by atoms with E-state index in [1.165, 1.54) is 31.4 Å². The quantitative estimate of drug-likeness (QED) is 0.661. The predicted molar refractivity (Wildman–Crippen MR) is 46.6 cm³/mol. The number of rotatable bonds is 1. The first-order chi connectivity index (χ1) is 5.77. The summed E-state index contributed by atoms with van der Waals surface area (Å²) in [5.74, 6) is 1.35. The zero-order valence-corrected chi connectivity index (χ0v) is 7.01. The van der Waals surface area contributed by atoms with Gasteiger partial charge in [0, 0.05) is 17.7 Å². The molecule has 2 aliphatic carbocycles. The smallest absolute Gasteiger partial charge is 0.145 e. The molecule has 3 N–H and O–H groups in total. The number of nitrogens with one attached hydrogen (secondary N) is 1. The van der Waals surface area contributed by atoms with E-state index in [4.69, 9.17) is 5.73 Å². The van der Waals surface area contributed by atoms with Crippen LogP contribution in [0.2, 0.25) is 0 Å². The van der Waals surface area contributed by atoms with E-state index in [0.717, 1.165) is 11.3 Å². The number of hydrogen-bond donors (Lipinski definition) is 2. The highest BCUT2D eigenvalue weighted by molar-refractivity contribution is 5.32. The Hall–Kier alpha value is -0.990. The summed E-state index contributed by atoms with van der Waals surface area (Å²) in [4.78, 5) is 0. The maximum absolute atomic E-state index is 5.54. The number of nitrogens with two attached hydrogens (primary N) is 1. The minimum atomic E-state index is 0.627. The van der Waals surface area contributed by atoms with E-state index < -0.39 is 0 Å². The molecule has 2 fully saturated rings. The normalized spacial score (nSPS) is 25.7. The van der Waals surface area contributed by atoms with E-state index in [9.17, 15) is 0 Å².